The standard InChI is InChI=1S/C10H13N/c1-3-5-9-7-4-6-8(2)10(9)11/h3-7H,11H2,1-2H3/b5-3+. The van der Waals surface area contributed by atoms with Crippen molar-refractivity contribution in [3.05, 3.63) is 35.4 Å². The van der Waals surface area contributed by atoms with Crippen molar-refractivity contribution in [1.29, 1.82) is 0 Å². The van der Waals surface area contributed by atoms with Crippen LogP contribution in [0.1, 0.15) is 18.1 Å². The minimum absolute atomic E-state index is 0.880. The van der Waals surface area contributed by atoms with Crippen molar-refractivity contribution in [1.82, 2.24) is 0 Å². The molecule has 0 aliphatic rings. The molecule has 1 aromatic carbocycles. The Labute approximate surface area is 67.5 Å². The van der Waals surface area contributed by atoms with Gasteiger partial charge in [-0.25, -0.2) is 0 Å². The highest BCUT2D eigenvalue weighted by Crippen LogP contribution is 2.17. The van der Waals surface area contributed by atoms with E-state index < -0.39 is 0 Å². The van der Waals surface area contributed by atoms with E-state index in [-0.39, 0.29) is 0 Å². The Kier molecular flexibility index (Phi) is 2.32. The third-order valence-electron chi connectivity index (χ3n) is 1.70. The fourth-order valence-corrected chi connectivity index (χ4v) is 1.03. The van der Waals surface area contributed by atoms with Crippen LogP contribution >= 0.6 is 0 Å². The van der Waals surface area contributed by atoms with Gasteiger partial charge in [-0.15, -0.1) is 0 Å². The number of anilines is 1. The van der Waals surface area contributed by atoms with E-state index in [2.05, 4.69) is 0 Å². The van der Waals surface area contributed by atoms with Crippen molar-refractivity contribution >= 4 is 11.8 Å². The summed E-state index contributed by atoms with van der Waals surface area (Å²) < 4.78 is 0. The van der Waals surface area contributed by atoms with Gasteiger partial charge < -0.3 is 5.73 Å². The molecule has 0 amide bonds. The third kappa shape index (κ3) is 1.61. The summed E-state index contributed by atoms with van der Waals surface area (Å²) in [4.78, 5) is 0. The van der Waals surface area contributed by atoms with Crippen LogP contribution in [0.25, 0.3) is 6.08 Å². The van der Waals surface area contributed by atoms with Crippen LogP contribution in [0.2, 0.25) is 0 Å². The zero-order chi connectivity index (χ0) is 8.27. The number of para-hydroxylation sites is 1. The molecule has 2 N–H and O–H groups in total. The number of aryl methyl sites for hydroxylation is 1. The topological polar surface area (TPSA) is 26.0 Å². The minimum Gasteiger partial charge on any atom is -0.398 e. The quantitative estimate of drug-likeness (QED) is 0.607. The van der Waals surface area contributed by atoms with E-state index in [0.717, 1.165) is 16.8 Å². The molecule has 1 rings (SSSR count). The first-order valence-corrected chi connectivity index (χ1v) is 3.73. The first-order valence-electron chi connectivity index (χ1n) is 3.73. The summed E-state index contributed by atoms with van der Waals surface area (Å²) in [5.74, 6) is 0. The fourth-order valence-electron chi connectivity index (χ4n) is 1.03. The molecular formula is C10H13N. The second kappa shape index (κ2) is 3.24. The van der Waals surface area contributed by atoms with E-state index in [1.807, 2.05) is 44.2 Å². The highest BCUT2D eigenvalue weighted by atomic mass is 14.6. The Morgan fingerprint density at radius 3 is 2.73 bits per heavy atom. The number of rotatable bonds is 1. The maximum atomic E-state index is 5.82. The predicted octanol–water partition coefficient (Wildman–Crippen LogP) is 2.61. The van der Waals surface area contributed by atoms with Crippen LogP contribution in [0.3, 0.4) is 0 Å². The molecule has 0 aromatic heterocycles. The maximum absolute atomic E-state index is 5.82. The van der Waals surface area contributed by atoms with Crippen LogP contribution in [0.15, 0.2) is 24.3 Å². The maximum Gasteiger partial charge on any atom is 0.0417 e. The fraction of sp³-hybridized carbons (Fsp3) is 0.200. The summed E-state index contributed by atoms with van der Waals surface area (Å²) in [6.45, 7) is 4.00. The smallest absolute Gasteiger partial charge is 0.0417 e. The van der Waals surface area contributed by atoms with Crippen molar-refractivity contribution in [3.63, 3.8) is 0 Å². The Morgan fingerprint density at radius 2 is 2.09 bits per heavy atom. The number of hydrogen-bond donors (Lipinski definition) is 1. The lowest BCUT2D eigenvalue weighted by atomic mass is 10.1. The molecule has 0 fully saturated rings. The van der Waals surface area contributed by atoms with E-state index in [4.69, 9.17) is 5.73 Å². The number of allylic oxidation sites excluding steroid dienone is 1. The van der Waals surface area contributed by atoms with Gasteiger partial charge in [-0.2, -0.15) is 0 Å². The summed E-state index contributed by atoms with van der Waals surface area (Å²) in [6, 6.07) is 6.05. The normalized spacial score (nSPS) is 10.7. The predicted molar refractivity (Wildman–Crippen MR) is 50.3 cm³/mol. The van der Waals surface area contributed by atoms with E-state index in [0.29, 0.717) is 0 Å². The molecule has 0 heterocycles. The average molecular weight is 147 g/mol. The lowest BCUT2D eigenvalue weighted by Gasteiger charge is -2.02. The summed E-state index contributed by atoms with van der Waals surface area (Å²) in [5, 5.41) is 0. The second-order valence-corrected chi connectivity index (χ2v) is 2.58. The average Bonchev–Trinajstić information content (AvgIpc) is 1.99. The van der Waals surface area contributed by atoms with E-state index in [1.165, 1.54) is 0 Å². The second-order valence-electron chi connectivity index (χ2n) is 2.58. The van der Waals surface area contributed by atoms with Gasteiger partial charge in [-0.1, -0.05) is 30.4 Å². The number of nitrogen functional groups attached to an aromatic ring is 1. The van der Waals surface area contributed by atoms with Gasteiger partial charge in [0.05, 0.1) is 0 Å². The molecule has 0 spiro atoms. The zero-order valence-corrected chi connectivity index (χ0v) is 6.96. The van der Waals surface area contributed by atoms with Gasteiger partial charge in [0.2, 0.25) is 0 Å². The SMILES string of the molecule is C/C=C/c1cccc(C)c1N. The van der Waals surface area contributed by atoms with Crippen molar-refractivity contribution < 1.29 is 0 Å². The minimum atomic E-state index is 0.880. The molecule has 0 unspecified atom stereocenters. The van der Waals surface area contributed by atoms with Gasteiger partial charge in [0.1, 0.15) is 0 Å². The van der Waals surface area contributed by atoms with Crippen molar-refractivity contribution in [2.75, 3.05) is 5.73 Å². The lowest BCUT2D eigenvalue weighted by molar-refractivity contribution is 1.46. The molecule has 1 aromatic rings. The van der Waals surface area contributed by atoms with Crippen LogP contribution in [-0.4, -0.2) is 0 Å². The van der Waals surface area contributed by atoms with E-state index in [9.17, 15) is 0 Å². The highest BCUT2D eigenvalue weighted by molar-refractivity contribution is 5.67. The van der Waals surface area contributed by atoms with E-state index in [1.54, 1.807) is 0 Å². The van der Waals surface area contributed by atoms with Gasteiger partial charge in [-0.3, -0.25) is 0 Å². The molecular weight excluding hydrogens is 134 g/mol. The van der Waals surface area contributed by atoms with Crippen LogP contribution in [-0.2, 0) is 0 Å². The first kappa shape index (κ1) is 7.86. The molecule has 0 aliphatic heterocycles. The Hall–Kier alpha value is -1.24. The van der Waals surface area contributed by atoms with Crippen LogP contribution in [0.5, 0.6) is 0 Å². The summed E-state index contributed by atoms with van der Waals surface area (Å²) >= 11 is 0. The Bertz CT molecular complexity index is 274. The van der Waals surface area contributed by atoms with Gasteiger partial charge in [0.25, 0.3) is 0 Å². The van der Waals surface area contributed by atoms with E-state index >= 15 is 0 Å². The highest BCUT2D eigenvalue weighted by Gasteiger charge is 1.95. The summed E-state index contributed by atoms with van der Waals surface area (Å²) in [5.41, 5.74) is 8.94. The molecule has 0 saturated carbocycles. The van der Waals surface area contributed by atoms with Gasteiger partial charge in [-0.05, 0) is 25.0 Å². The van der Waals surface area contributed by atoms with Gasteiger partial charge >= 0.3 is 0 Å². The first-order chi connectivity index (χ1) is 5.25. The lowest BCUT2D eigenvalue weighted by Crippen LogP contribution is -1.91. The molecule has 11 heavy (non-hydrogen) atoms. The Balaban J connectivity index is 3.16. The van der Waals surface area contributed by atoms with Crippen LogP contribution in [0, 0.1) is 6.92 Å². The number of hydrogen-bond acceptors (Lipinski definition) is 1. The van der Waals surface area contributed by atoms with Gasteiger partial charge in [0, 0.05) is 5.69 Å². The molecule has 58 valence electrons. The third-order valence-corrected chi connectivity index (χ3v) is 1.70. The molecule has 0 bridgehead atoms. The van der Waals surface area contributed by atoms with Crippen molar-refractivity contribution in [2.24, 2.45) is 0 Å². The monoisotopic (exact) mass is 147 g/mol. The zero-order valence-electron chi connectivity index (χ0n) is 6.96. The van der Waals surface area contributed by atoms with Crippen LogP contribution < -0.4 is 5.73 Å². The van der Waals surface area contributed by atoms with Crippen LogP contribution in [0.4, 0.5) is 5.69 Å². The van der Waals surface area contributed by atoms with Crippen molar-refractivity contribution in [3.8, 4) is 0 Å². The molecule has 0 radical (unpaired) electrons. The van der Waals surface area contributed by atoms with Crippen molar-refractivity contribution in [2.45, 2.75) is 13.8 Å². The molecule has 1 nitrogen and oxygen atoms in total. The molecule has 0 aliphatic carbocycles. The molecule has 0 saturated heterocycles. The number of nitrogens with two attached hydrogens (primary N) is 1. The number of benzene rings is 1. The summed E-state index contributed by atoms with van der Waals surface area (Å²) in [6.07, 6.45) is 4.01. The summed E-state index contributed by atoms with van der Waals surface area (Å²) in [7, 11) is 0. The molecule has 1 heteroatoms. The molecule has 0 atom stereocenters. The largest absolute Gasteiger partial charge is 0.398 e. The van der Waals surface area contributed by atoms with Gasteiger partial charge in [0.15, 0.2) is 0 Å². The Morgan fingerprint density at radius 1 is 1.36 bits per heavy atom.